The first-order valence-corrected chi connectivity index (χ1v) is 9.53. The minimum absolute atomic E-state index is 0. The van der Waals surface area contributed by atoms with Crippen molar-refractivity contribution in [1.82, 2.24) is 10.6 Å². The number of amides is 2. The van der Waals surface area contributed by atoms with E-state index in [1.807, 2.05) is 25.1 Å². The van der Waals surface area contributed by atoms with Crippen molar-refractivity contribution < 1.29 is 14.7 Å². The predicted octanol–water partition coefficient (Wildman–Crippen LogP) is 2.25. The number of aromatic hydroxyl groups is 1. The van der Waals surface area contributed by atoms with Crippen LogP contribution >= 0.6 is 12.4 Å². The number of aryl methyl sites for hydroxylation is 2. The summed E-state index contributed by atoms with van der Waals surface area (Å²) in [6, 6.07) is 13.6. The van der Waals surface area contributed by atoms with Gasteiger partial charge in [0.2, 0.25) is 11.8 Å². The topological polar surface area (TPSA) is 104 Å². The lowest BCUT2D eigenvalue weighted by atomic mass is 10.0. The van der Waals surface area contributed by atoms with Gasteiger partial charge < -0.3 is 21.5 Å². The zero-order valence-corrected chi connectivity index (χ0v) is 17.7. The number of halogens is 1. The van der Waals surface area contributed by atoms with Crippen molar-refractivity contribution in [3.8, 4) is 5.75 Å². The van der Waals surface area contributed by atoms with Gasteiger partial charge in [0.15, 0.2) is 0 Å². The van der Waals surface area contributed by atoms with E-state index in [1.165, 1.54) is 5.56 Å². The fourth-order valence-electron chi connectivity index (χ4n) is 2.93. The van der Waals surface area contributed by atoms with E-state index in [-0.39, 0.29) is 30.0 Å². The second-order valence-corrected chi connectivity index (χ2v) is 7.03. The highest BCUT2D eigenvalue weighted by Gasteiger charge is 2.20. The third-order valence-electron chi connectivity index (χ3n) is 4.64. The molecule has 5 N–H and O–H groups in total. The number of benzene rings is 2. The Morgan fingerprint density at radius 2 is 1.79 bits per heavy atom. The van der Waals surface area contributed by atoms with Gasteiger partial charge in [-0.15, -0.1) is 12.4 Å². The van der Waals surface area contributed by atoms with Crippen LogP contribution in [0.15, 0.2) is 48.5 Å². The van der Waals surface area contributed by atoms with Crippen LogP contribution in [0.5, 0.6) is 5.75 Å². The molecule has 0 aliphatic heterocycles. The van der Waals surface area contributed by atoms with Crippen molar-refractivity contribution in [2.75, 3.05) is 6.54 Å². The zero-order chi connectivity index (χ0) is 20.5. The van der Waals surface area contributed by atoms with Gasteiger partial charge in [-0.1, -0.05) is 36.4 Å². The van der Waals surface area contributed by atoms with E-state index in [2.05, 4.69) is 22.8 Å². The molecule has 0 fully saturated rings. The van der Waals surface area contributed by atoms with Crippen LogP contribution in [0.4, 0.5) is 0 Å². The first-order valence-electron chi connectivity index (χ1n) is 9.53. The lowest BCUT2D eigenvalue weighted by Crippen LogP contribution is -2.51. The third-order valence-corrected chi connectivity index (χ3v) is 4.64. The van der Waals surface area contributed by atoms with Crippen LogP contribution in [0.2, 0.25) is 0 Å². The van der Waals surface area contributed by atoms with Crippen molar-refractivity contribution >= 4 is 24.2 Å². The summed E-state index contributed by atoms with van der Waals surface area (Å²) < 4.78 is 0. The van der Waals surface area contributed by atoms with Crippen molar-refractivity contribution in [2.45, 2.75) is 45.2 Å². The Morgan fingerprint density at radius 1 is 1.10 bits per heavy atom. The second kappa shape index (κ2) is 12.1. The molecule has 0 heterocycles. The molecule has 2 amide bonds. The summed E-state index contributed by atoms with van der Waals surface area (Å²) in [5.41, 5.74) is 8.97. The Balaban J connectivity index is 0.00000420. The zero-order valence-electron chi connectivity index (χ0n) is 16.9. The van der Waals surface area contributed by atoms with E-state index in [0.29, 0.717) is 13.0 Å². The van der Waals surface area contributed by atoms with Gasteiger partial charge in [-0.3, -0.25) is 9.59 Å². The molecule has 0 bridgehead atoms. The smallest absolute Gasteiger partial charge is 0.242 e. The van der Waals surface area contributed by atoms with Crippen LogP contribution in [0, 0.1) is 6.92 Å². The molecule has 2 atom stereocenters. The van der Waals surface area contributed by atoms with Gasteiger partial charge in [-0.2, -0.15) is 0 Å². The van der Waals surface area contributed by atoms with E-state index in [1.54, 1.807) is 25.1 Å². The summed E-state index contributed by atoms with van der Waals surface area (Å²) in [7, 11) is 0. The molecular formula is C22H30ClN3O3. The van der Waals surface area contributed by atoms with Crippen LogP contribution < -0.4 is 16.4 Å². The number of rotatable bonds is 9. The largest absolute Gasteiger partial charge is 0.508 e. The molecule has 0 aliphatic rings. The maximum absolute atomic E-state index is 12.3. The number of carbonyl (C=O) groups is 2. The summed E-state index contributed by atoms with van der Waals surface area (Å²) in [5, 5.41) is 15.0. The van der Waals surface area contributed by atoms with E-state index in [4.69, 9.17) is 5.73 Å². The first kappa shape index (κ1) is 24.5. The van der Waals surface area contributed by atoms with Gasteiger partial charge >= 0.3 is 0 Å². The molecule has 29 heavy (non-hydrogen) atoms. The molecule has 2 aromatic carbocycles. The summed E-state index contributed by atoms with van der Waals surface area (Å²) in [6.45, 7) is 4.04. The SMILES string of the molecule is Cc1cc(O)ccc1C[C@H](N)C(=O)N[C@H](C)C(=O)NCCCc1ccccc1.Cl. The van der Waals surface area contributed by atoms with Crippen LogP contribution in [0.25, 0.3) is 0 Å². The summed E-state index contributed by atoms with van der Waals surface area (Å²) in [5.74, 6) is -0.425. The average molecular weight is 420 g/mol. The van der Waals surface area contributed by atoms with Gasteiger partial charge in [-0.25, -0.2) is 0 Å². The second-order valence-electron chi connectivity index (χ2n) is 7.03. The number of hydrogen-bond acceptors (Lipinski definition) is 4. The standard InChI is InChI=1S/C22H29N3O3.ClH/c1-15-13-19(26)11-10-18(15)14-20(23)22(28)25-16(2)21(27)24-12-6-9-17-7-4-3-5-8-17;/h3-5,7-8,10-11,13,16,20,26H,6,9,12,14,23H2,1-2H3,(H,24,27)(H,25,28);1H/t16-,20+;/m1./s1. The van der Waals surface area contributed by atoms with Gasteiger partial charge in [0.25, 0.3) is 0 Å². The van der Waals surface area contributed by atoms with Crippen LogP contribution in [-0.2, 0) is 22.4 Å². The average Bonchev–Trinajstić information content (AvgIpc) is 2.67. The number of hydrogen-bond donors (Lipinski definition) is 4. The van der Waals surface area contributed by atoms with Gasteiger partial charge in [0.05, 0.1) is 6.04 Å². The molecule has 0 unspecified atom stereocenters. The molecule has 7 heteroatoms. The molecule has 0 saturated carbocycles. The van der Waals surface area contributed by atoms with Crippen molar-refractivity contribution in [1.29, 1.82) is 0 Å². The van der Waals surface area contributed by atoms with Crippen LogP contribution in [0.1, 0.15) is 30.0 Å². The summed E-state index contributed by atoms with van der Waals surface area (Å²) in [4.78, 5) is 24.5. The number of phenolic OH excluding ortho intramolecular Hbond substituents is 1. The Kier molecular flexibility index (Phi) is 10.2. The molecule has 0 radical (unpaired) electrons. The summed E-state index contributed by atoms with van der Waals surface area (Å²) in [6.07, 6.45) is 2.05. The van der Waals surface area contributed by atoms with Crippen molar-refractivity contribution in [2.24, 2.45) is 5.73 Å². The highest BCUT2D eigenvalue weighted by Crippen LogP contribution is 2.16. The number of carbonyl (C=O) groups excluding carboxylic acids is 2. The minimum Gasteiger partial charge on any atom is -0.508 e. The Labute approximate surface area is 178 Å². The maximum Gasteiger partial charge on any atom is 0.242 e. The Hall–Kier alpha value is -2.57. The maximum atomic E-state index is 12.3. The number of phenols is 1. The molecule has 0 aliphatic carbocycles. The highest BCUT2D eigenvalue weighted by molar-refractivity contribution is 5.89. The lowest BCUT2D eigenvalue weighted by molar-refractivity contribution is -0.129. The van der Waals surface area contributed by atoms with Crippen molar-refractivity contribution in [3.63, 3.8) is 0 Å². The molecule has 6 nitrogen and oxygen atoms in total. The molecule has 0 spiro atoms. The molecule has 158 valence electrons. The van der Waals surface area contributed by atoms with E-state index in [0.717, 1.165) is 24.0 Å². The normalized spacial score (nSPS) is 12.4. The highest BCUT2D eigenvalue weighted by atomic mass is 35.5. The van der Waals surface area contributed by atoms with E-state index < -0.39 is 12.1 Å². The lowest BCUT2D eigenvalue weighted by Gasteiger charge is -2.18. The molecular weight excluding hydrogens is 390 g/mol. The summed E-state index contributed by atoms with van der Waals surface area (Å²) >= 11 is 0. The molecule has 2 aromatic rings. The van der Waals surface area contributed by atoms with Crippen LogP contribution in [-0.4, -0.2) is 35.5 Å². The number of nitrogens with one attached hydrogen (secondary N) is 2. The first-order chi connectivity index (χ1) is 13.4. The predicted molar refractivity (Wildman–Crippen MR) is 117 cm³/mol. The molecule has 0 aromatic heterocycles. The van der Waals surface area contributed by atoms with Gasteiger partial charge in [0.1, 0.15) is 11.8 Å². The van der Waals surface area contributed by atoms with Crippen LogP contribution in [0.3, 0.4) is 0 Å². The fourth-order valence-corrected chi connectivity index (χ4v) is 2.93. The van der Waals surface area contributed by atoms with Crippen molar-refractivity contribution in [3.05, 3.63) is 65.2 Å². The third kappa shape index (κ3) is 8.13. The number of nitrogens with two attached hydrogens (primary N) is 1. The minimum atomic E-state index is -0.767. The van der Waals surface area contributed by atoms with Gasteiger partial charge in [0, 0.05) is 6.54 Å². The molecule has 0 saturated heterocycles. The van der Waals surface area contributed by atoms with E-state index in [9.17, 15) is 14.7 Å². The Bertz CT molecular complexity index is 799. The molecule has 2 rings (SSSR count). The van der Waals surface area contributed by atoms with Gasteiger partial charge in [-0.05, 0) is 61.9 Å². The monoisotopic (exact) mass is 419 g/mol. The Morgan fingerprint density at radius 3 is 2.45 bits per heavy atom. The van der Waals surface area contributed by atoms with E-state index >= 15 is 0 Å². The quantitative estimate of drug-likeness (QED) is 0.468. The fraction of sp³-hybridized carbons (Fsp3) is 0.364.